The van der Waals surface area contributed by atoms with E-state index in [1.807, 2.05) is 18.2 Å². The Morgan fingerprint density at radius 1 is 1.04 bits per heavy atom. The molecular formula is C21H28N2O2. The Hall–Kier alpha value is -1.84. The van der Waals surface area contributed by atoms with Gasteiger partial charge in [-0.1, -0.05) is 18.2 Å². The molecule has 0 spiro atoms. The first-order chi connectivity index (χ1) is 12.0. The van der Waals surface area contributed by atoms with Crippen LogP contribution in [0.5, 0.6) is 0 Å². The molecule has 4 nitrogen and oxygen atoms in total. The number of carbonyl (C=O) groups excluding carboxylic acids is 2. The number of hydrogen-bond donors (Lipinski definition) is 2. The van der Waals surface area contributed by atoms with Crippen molar-refractivity contribution in [3.63, 3.8) is 0 Å². The van der Waals surface area contributed by atoms with Crippen molar-refractivity contribution in [3.8, 4) is 0 Å². The molecule has 0 aromatic heterocycles. The summed E-state index contributed by atoms with van der Waals surface area (Å²) in [5.74, 6) is 2.36. The smallest absolute Gasteiger partial charge is 0.251 e. The lowest BCUT2D eigenvalue weighted by Crippen LogP contribution is -2.56. The molecule has 0 radical (unpaired) electrons. The average molecular weight is 340 g/mol. The van der Waals surface area contributed by atoms with Gasteiger partial charge < -0.3 is 10.6 Å². The molecule has 5 rings (SSSR count). The highest BCUT2D eigenvalue weighted by atomic mass is 16.2. The van der Waals surface area contributed by atoms with E-state index in [1.54, 1.807) is 12.1 Å². The number of rotatable bonds is 5. The van der Waals surface area contributed by atoms with Crippen LogP contribution in [0.4, 0.5) is 0 Å². The topological polar surface area (TPSA) is 58.2 Å². The summed E-state index contributed by atoms with van der Waals surface area (Å²) >= 11 is 0. The minimum absolute atomic E-state index is 0.0461. The highest BCUT2D eigenvalue weighted by Gasteiger charge is 2.53. The molecule has 4 saturated carbocycles. The Bertz CT molecular complexity index is 620. The molecule has 0 saturated heterocycles. The number of carbonyl (C=O) groups is 2. The largest absolute Gasteiger partial charge is 0.352 e. The van der Waals surface area contributed by atoms with Gasteiger partial charge >= 0.3 is 0 Å². The van der Waals surface area contributed by atoms with E-state index in [9.17, 15) is 9.59 Å². The van der Waals surface area contributed by atoms with E-state index in [1.165, 1.54) is 38.5 Å². The highest BCUT2D eigenvalue weighted by Crippen LogP contribution is 2.61. The van der Waals surface area contributed by atoms with Crippen molar-refractivity contribution in [1.82, 2.24) is 10.6 Å². The summed E-state index contributed by atoms with van der Waals surface area (Å²) in [6.45, 7) is 2.22. The summed E-state index contributed by atoms with van der Waals surface area (Å²) in [5.41, 5.74) is 0.887. The molecule has 134 valence electrons. The maximum Gasteiger partial charge on any atom is 0.251 e. The van der Waals surface area contributed by atoms with Crippen molar-refractivity contribution in [3.05, 3.63) is 35.9 Å². The molecule has 4 aliphatic carbocycles. The standard InChI is InChI=1S/C21H28N2O2/c1-14(21-10-15-7-16(11-21)9-17(8-15)12-21)23-19(24)13-22-20(25)18-5-3-2-4-6-18/h2-6,14-17H,7-13H2,1H3,(H,22,25)(H,23,24). The third-order valence-electron chi connectivity index (χ3n) is 6.83. The van der Waals surface area contributed by atoms with Crippen LogP contribution in [0.1, 0.15) is 55.8 Å². The molecule has 1 atom stereocenters. The van der Waals surface area contributed by atoms with Gasteiger partial charge in [0, 0.05) is 11.6 Å². The highest BCUT2D eigenvalue weighted by molar-refractivity contribution is 5.96. The van der Waals surface area contributed by atoms with Crippen molar-refractivity contribution >= 4 is 11.8 Å². The first kappa shape index (κ1) is 16.6. The Morgan fingerprint density at radius 3 is 2.16 bits per heavy atom. The Kier molecular flexibility index (Phi) is 4.30. The second kappa shape index (κ2) is 6.47. The van der Waals surface area contributed by atoms with Gasteiger partial charge in [0.1, 0.15) is 0 Å². The average Bonchev–Trinajstić information content (AvgIpc) is 2.59. The maximum atomic E-state index is 12.4. The molecule has 2 amide bonds. The fourth-order valence-electron chi connectivity index (χ4n) is 6.01. The van der Waals surface area contributed by atoms with Crippen molar-refractivity contribution < 1.29 is 9.59 Å². The minimum Gasteiger partial charge on any atom is -0.352 e. The number of nitrogens with one attached hydrogen (secondary N) is 2. The minimum atomic E-state index is -0.196. The van der Waals surface area contributed by atoms with Crippen molar-refractivity contribution in [2.75, 3.05) is 6.54 Å². The quantitative estimate of drug-likeness (QED) is 0.865. The number of benzene rings is 1. The van der Waals surface area contributed by atoms with Gasteiger partial charge in [-0.05, 0) is 80.8 Å². The van der Waals surface area contributed by atoms with Crippen LogP contribution in [0.25, 0.3) is 0 Å². The Labute approximate surface area is 149 Å². The van der Waals surface area contributed by atoms with E-state index in [4.69, 9.17) is 0 Å². The molecule has 4 bridgehead atoms. The van der Waals surface area contributed by atoms with Gasteiger partial charge in [-0.15, -0.1) is 0 Å². The fraction of sp³-hybridized carbons (Fsp3) is 0.619. The number of hydrogen-bond acceptors (Lipinski definition) is 2. The van der Waals surface area contributed by atoms with Gasteiger partial charge in [-0.3, -0.25) is 9.59 Å². The summed E-state index contributed by atoms with van der Waals surface area (Å²) in [4.78, 5) is 24.4. The van der Waals surface area contributed by atoms with E-state index in [2.05, 4.69) is 17.6 Å². The third-order valence-corrected chi connectivity index (χ3v) is 6.83. The maximum absolute atomic E-state index is 12.4. The van der Waals surface area contributed by atoms with E-state index >= 15 is 0 Å². The Morgan fingerprint density at radius 2 is 1.60 bits per heavy atom. The molecule has 25 heavy (non-hydrogen) atoms. The van der Waals surface area contributed by atoms with Crippen LogP contribution < -0.4 is 10.6 Å². The predicted octanol–water partition coefficient (Wildman–Crippen LogP) is 3.14. The summed E-state index contributed by atoms with van der Waals surface area (Å²) in [7, 11) is 0. The molecule has 0 aliphatic heterocycles. The van der Waals surface area contributed by atoms with Crippen LogP contribution >= 0.6 is 0 Å². The SMILES string of the molecule is CC(NC(=O)CNC(=O)c1ccccc1)C12CC3CC(CC(C3)C1)C2. The summed E-state index contributed by atoms with van der Waals surface area (Å²) in [5, 5.41) is 5.92. The lowest BCUT2D eigenvalue weighted by atomic mass is 9.48. The van der Waals surface area contributed by atoms with Gasteiger partial charge in [-0.25, -0.2) is 0 Å². The molecular weight excluding hydrogens is 312 g/mol. The molecule has 0 heterocycles. The van der Waals surface area contributed by atoms with Gasteiger partial charge in [0.05, 0.1) is 6.54 Å². The van der Waals surface area contributed by atoms with Crippen molar-refractivity contribution in [2.24, 2.45) is 23.2 Å². The molecule has 4 fully saturated rings. The first-order valence-electron chi connectivity index (χ1n) is 9.67. The summed E-state index contributed by atoms with van der Waals surface area (Å²) in [6.07, 6.45) is 8.05. The zero-order valence-corrected chi connectivity index (χ0v) is 15.0. The second-order valence-corrected chi connectivity index (χ2v) is 8.62. The number of amides is 2. The van der Waals surface area contributed by atoms with E-state index in [-0.39, 0.29) is 24.4 Å². The zero-order chi connectivity index (χ0) is 17.4. The van der Waals surface area contributed by atoms with Crippen molar-refractivity contribution in [1.29, 1.82) is 0 Å². The second-order valence-electron chi connectivity index (χ2n) is 8.62. The zero-order valence-electron chi connectivity index (χ0n) is 15.0. The fourth-order valence-corrected chi connectivity index (χ4v) is 6.01. The molecule has 4 heteroatoms. The third kappa shape index (κ3) is 3.31. The van der Waals surface area contributed by atoms with Gasteiger partial charge in [0.2, 0.25) is 5.91 Å². The van der Waals surface area contributed by atoms with E-state index in [0.29, 0.717) is 11.0 Å². The molecule has 2 N–H and O–H groups in total. The normalized spacial score (nSPS) is 33.7. The predicted molar refractivity (Wildman–Crippen MR) is 97.0 cm³/mol. The molecule has 4 aliphatic rings. The summed E-state index contributed by atoms with van der Waals surface area (Å²) in [6, 6.07) is 9.23. The van der Waals surface area contributed by atoms with Crippen LogP contribution in [-0.4, -0.2) is 24.4 Å². The Balaban J connectivity index is 1.31. The first-order valence-corrected chi connectivity index (χ1v) is 9.67. The van der Waals surface area contributed by atoms with Crippen LogP contribution in [0, 0.1) is 23.2 Å². The van der Waals surface area contributed by atoms with Gasteiger partial charge in [-0.2, -0.15) is 0 Å². The van der Waals surface area contributed by atoms with Crippen molar-refractivity contribution in [2.45, 2.75) is 51.5 Å². The molecule has 1 aromatic rings. The molecule has 1 unspecified atom stereocenters. The van der Waals surface area contributed by atoms with E-state index < -0.39 is 0 Å². The van der Waals surface area contributed by atoms with E-state index in [0.717, 1.165) is 17.8 Å². The van der Waals surface area contributed by atoms with Gasteiger partial charge in [0.25, 0.3) is 5.91 Å². The summed E-state index contributed by atoms with van der Waals surface area (Å²) < 4.78 is 0. The van der Waals surface area contributed by atoms with Crippen LogP contribution in [0.15, 0.2) is 30.3 Å². The molecule has 1 aromatic carbocycles. The van der Waals surface area contributed by atoms with Crippen LogP contribution in [0.3, 0.4) is 0 Å². The lowest BCUT2D eigenvalue weighted by Gasteiger charge is -2.59. The monoisotopic (exact) mass is 340 g/mol. The van der Waals surface area contributed by atoms with Crippen LogP contribution in [0.2, 0.25) is 0 Å². The van der Waals surface area contributed by atoms with Crippen LogP contribution in [-0.2, 0) is 4.79 Å². The van der Waals surface area contributed by atoms with Gasteiger partial charge in [0.15, 0.2) is 0 Å². The lowest BCUT2D eigenvalue weighted by molar-refractivity contribution is -0.124.